The molecular formula is C19H21N3O3. The normalized spacial score (nSPS) is 17.2. The molecule has 2 aliphatic heterocycles. The van der Waals surface area contributed by atoms with Crippen LogP contribution in [0.15, 0.2) is 28.8 Å². The highest BCUT2D eigenvalue weighted by Crippen LogP contribution is 2.31. The maximum absolute atomic E-state index is 12.9. The van der Waals surface area contributed by atoms with E-state index in [9.17, 15) is 9.59 Å². The molecule has 0 aliphatic carbocycles. The van der Waals surface area contributed by atoms with E-state index in [0.717, 1.165) is 25.1 Å². The van der Waals surface area contributed by atoms with Crippen molar-refractivity contribution < 1.29 is 14.1 Å². The molecule has 2 aromatic rings. The number of likely N-dealkylation sites (tertiary alicyclic amines) is 1. The molecular weight excluding hydrogens is 318 g/mol. The second-order valence-electron chi connectivity index (χ2n) is 6.96. The molecule has 130 valence electrons. The highest BCUT2D eigenvalue weighted by atomic mass is 16.5. The Balaban J connectivity index is 1.43. The van der Waals surface area contributed by atoms with Crippen molar-refractivity contribution in [2.45, 2.75) is 26.7 Å². The van der Waals surface area contributed by atoms with Crippen LogP contribution in [-0.4, -0.2) is 41.5 Å². The number of rotatable bonds is 2. The lowest BCUT2D eigenvalue weighted by atomic mass is 9.94. The number of aromatic nitrogens is 1. The van der Waals surface area contributed by atoms with E-state index in [1.165, 1.54) is 11.1 Å². The van der Waals surface area contributed by atoms with Crippen LogP contribution in [0.3, 0.4) is 0 Å². The van der Waals surface area contributed by atoms with E-state index < -0.39 is 0 Å². The summed E-state index contributed by atoms with van der Waals surface area (Å²) in [6.45, 7) is 5.47. The number of carbonyl (C=O) groups is 2. The Morgan fingerprint density at radius 2 is 2.00 bits per heavy atom. The number of hydrogen-bond acceptors (Lipinski definition) is 4. The Morgan fingerprint density at radius 1 is 1.20 bits per heavy atom. The summed E-state index contributed by atoms with van der Waals surface area (Å²) in [7, 11) is 0. The zero-order valence-electron chi connectivity index (χ0n) is 14.5. The summed E-state index contributed by atoms with van der Waals surface area (Å²) in [5.74, 6) is 0.418. The Labute approximate surface area is 146 Å². The van der Waals surface area contributed by atoms with E-state index in [0.29, 0.717) is 24.5 Å². The number of amides is 2. The molecule has 25 heavy (non-hydrogen) atoms. The minimum Gasteiger partial charge on any atom is -0.361 e. The molecule has 1 aromatic heterocycles. The second kappa shape index (κ2) is 6.02. The number of carbonyl (C=O) groups excluding carboxylic acids is 2. The van der Waals surface area contributed by atoms with E-state index in [-0.39, 0.29) is 17.7 Å². The van der Waals surface area contributed by atoms with Crippen LogP contribution in [-0.2, 0) is 11.2 Å². The molecule has 4 rings (SSSR count). The molecule has 1 aromatic carbocycles. The highest BCUT2D eigenvalue weighted by molar-refractivity contribution is 5.99. The van der Waals surface area contributed by atoms with Gasteiger partial charge in [-0.3, -0.25) is 9.59 Å². The van der Waals surface area contributed by atoms with Crippen molar-refractivity contribution in [2.24, 2.45) is 5.92 Å². The first kappa shape index (κ1) is 15.9. The first-order chi connectivity index (χ1) is 12.0. The summed E-state index contributed by atoms with van der Waals surface area (Å²) in [6, 6.07) is 7.88. The van der Waals surface area contributed by atoms with Gasteiger partial charge in [-0.25, -0.2) is 0 Å². The second-order valence-corrected chi connectivity index (χ2v) is 6.96. The van der Waals surface area contributed by atoms with Gasteiger partial charge >= 0.3 is 0 Å². The zero-order chi connectivity index (χ0) is 17.6. The fraction of sp³-hybridized carbons (Fsp3) is 0.421. The predicted molar refractivity (Wildman–Crippen MR) is 92.5 cm³/mol. The van der Waals surface area contributed by atoms with E-state index in [1.807, 2.05) is 17.0 Å². The molecule has 0 atom stereocenters. The van der Waals surface area contributed by atoms with Gasteiger partial charge in [0.15, 0.2) is 5.69 Å². The molecule has 0 saturated carbocycles. The smallest absolute Gasteiger partial charge is 0.276 e. The van der Waals surface area contributed by atoms with Crippen molar-refractivity contribution in [3.05, 3.63) is 46.8 Å². The number of anilines is 1. The number of fused-ring (bicyclic) bond motifs is 1. The summed E-state index contributed by atoms with van der Waals surface area (Å²) < 4.78 is 4.95. The van der Waals surface area contributed by atoms with Crippen molar-refractivity contribution in [1.29, 1.82) is 0 Å². The monoisotopic (exact) mass is 339 g/mol. The predicted octanol–water partition coefficient (Wildman–Crippen LogP) is 2.34. The molecule has 2 amide bonds. The molecule has 0 radical (unpaired) electrons. The van der Waals surface area contributed by atoms with Crippen molar-refractivity contribution in [2.75, 3.05) is 24.5 Å². The molecule has 0 unspecified atom stereocenters. The van der Waals surface area contributed by atoms with Gasteiger partial charge in [0.25, 0.3) is 5.91 Å². The standard InChI is InChI=1S/C19H21N3O3/c1-12-5-6-17-14(8-12)4-3-7-22(17)18(23)15-10-21(11-15)19(24)16-9-13(2)25-20-16/h5-6,8-9,15H,3-4,7,10-11H2,1-2H3. The quantitative estimate of drug-likeness (QED) is 0.842. The lowest BCUT2D eigenvalue weighted by molar-refractivity contribution is -0.126. The first-order valence-electron chi connectivity index (χ1n) is 8.66. The zero-order valence-corrected chi connectivity index (χ0v) is 14.5. The molecule has 3 heterocycles. The molecule has 6 heteroatoms. The number of benzene rings is 1. The third kappa shape index (κ3) is 2.81. The van der Waals surface area contributed by atoms with Crippen LogP contribution in [0, 0.1) is 19.8 Å². The van der Waals surface area contributed by atoms with E-state index >= 15 is 0 Å². The summed E-state index contributed by atoms with van der Waals surface area (Å²) in [5, 5.41) is 3.75. The number of aryl methyl sites for hydroxylation is 3. The minimum absolute atomic E-state index is 0.116. The summed E-state index contributed by atoms with van der Waals surface area (Å²) in [5.41, 5.74) is 3.79. The van der Waals surface area contributed by atoms with Gasteiger partial charge in [-0.05, 0) is 38.3 Å². The van der Waals surface area contributed by atoms with Gasteiger partial charge in [-0.2, -0.15) is 0 Å². The van der Waals surface area contributed by atoms with Gasteiger partial charge in [0.1, 0.15) is 5.76 Å². The Morgan fingerprint density at radius 3 is 2.72 bits per heavy atom. The van der Waals surface area contributed by atoms with Gasteiger partial charge in [-0.15, -0.1) is 0 Å². The average molecular weight is 339 g/mol. The van der Waals surface area contributed by atoms with Crippen LogP contribution in [0.1, 0.15) is 33.8 Å². The Bertz CT molecular complexity index is 836. The molecule has 0 spiro atoms. The number of nitrogens with zero attached hydrogens (tertiary/aromatic N) is 3. The lowest BCUT2D eigenvalue weighted by Crippen LogP contribution is -2.57. The lowest BCUT2D eigenvalue weighted by Gasteiger charge is -2.41. The van der Waals surface area contributed by atoms with E-state index in [4.69, 9.17) is 4.52 Å². The maximum atomic E-state index is 12.9. The largest absolute Gasteiger partial charge is 0.361 e. The first-order valence-corrected chi connectivity index (χ1v) is 8.66. The van der Waals surface area contributed by atoms with E-state index in [1.54, 1.807) is 17.9 Å². The molecule has 1 saturated heterocycles. The van der Waals surface area contributed by atoms with E-state index in [2.05, 4.69) is 18.1 Å². The van der Waals surface area contributed by atoms with Crippen molar-refractivity contribution >= 4 is 17.5 Å². The van der Waals surface area contributed by atoms with Gasteiger partial charge in [0, 0.05) is 31.4 Å². The van der Waals surface area contributed by atoms with Crippen molar-refractivity contribution in [3.63, 3.8) is 0 Å². The summed E-state index contributed by atoms with van der Waals surface area (Å²) in [6.07, 6.45) is 2.00. The van der Waals surface area contributed by atoms with Crippen molar-refractivity contribution in [1.82, 2.24) is 10.1 Å². The molecule has 6 nitrogen and oxygen atoms in total. The third-order valence-electron chi connectivity index (χ3n) is 4.98. The van der Waals surface area contributed by atoms with Crippen LogP contribution in [0.25, 0.3) is 0 Å². The fourth-order valence-electron chi connectivity index (χ4n) is 3.61. The molecule has 1 fully saturated rings. The van der Waals surface area contributed by atoms with Crippen LogP contribution in [0.2, 0.25) is 0 Å². The van der Waals surface area contributed by atoms with Gasteiger partial charge in [-0.1, -0.05) is 22.9 Å². The third-order valence-corrected chi connectivity index (χ3v) is 4.98. The minimum atomic E-state index is -0.171. The van der Waals surface area contributed by atoms with Crippen LogP contribution < -0.4 is 4.90 Å². The van der Waals surface area contributed by atoms with Gasteiger partial charge in [0.05, 0.1) is 5.92 Å². The maximum Gasteiger partial charge on any atom is 0.276 e. The Hall–Kier alpha value is -2.63. The highest BCUT2D eigenvalue weighted by Gasteiger charge is 2.40. The van der Waals surface area contributed by atoms with Crippen LogP contribution in [0.5, 0.6) is 0 Å². The molecule has 2 aliphatic rings. The van der Waals surface area contributed by atoms with Gasteiger partial charge < -0.3 is 14.3 Å². The number of hydrogen-bond donors (Lipinski definition) is 0. The summed E-state index contributed by atoms with van der Waals surface area (Å²) >= 11 is 0. The topological polar surface area (TPSA) is 66.7 Å². The van der Waals surface area contributed by atoms with Gasteiger partial charge in [0.2, 0.25) is 5.91 Å². The Kier molecular flexibility index (Phi) is 3.82. The van der Waals surface area contributed by atoms with Crippen LogP contribution in [0.4, 0.5) is 5.69 Å². The van der Waals surface area contributed by atoms with Crippen molar-refractivity contribution in [3.8, 4) is 0 Å². The molecule has 0 N–H and O–H groups in total. The fourth-order valence-corrected chi connectivity index (χ4v) is 3.61. The average Bonchev–Trinajstić information content (AvgIpc) is 2.99. The molecule has 0 bridgehead atoms. The SMILES string of the molecule is Cc1ccc2c(c1)CCCN2C(=O)C1CN(C(=O)c2cc(C)on2)C1. The van der Waals surface area contributed by atoms with Crippen LogP contribution >= 0.6 is 0 Å². The summed E-state index contributed by atoms with van der Waals surface area (Å²) in [4.78, 5) is 28.7.